The van der Waals surface area contributed by atoms with Crippen molar-refractivity contribution in [3.05, 3.63) is 29.8 Å². The van der Waals surface area contributed by atoms with Gasteiger partial charge >= 0.3 is 0 Å². The summed E-state index contributed by atoms with van der Waals surface area (Å²) in [5, 5.41) is 9.88. The van der Waals surface area contributed by atoms with Crippen molar-refractivity contribution in [3.8, 4) is 0 Å². The Morgan fingerprint density at radius 1 is 1.47 bits per heavy atom. The van der Waals surface area contributed by atoms with Crippen molar-refractivity contribution in [3.63, 3.8) is 0 Å². The van der Waals surface area contributed by atoms with Crippen molar-refractivity contribution in [1.29, 1.82) is 0 Å². The third kappa shape index (κ3) is 2.79. The molecule has 0 radical (unpaired) electrons. The first-order valence-corrected chi connectivity index (χ1v) is 6.24. The molecule has 1 aliphatic rings. The Balaban J connectivity index is 2.15. The summed E-state index contributed by atoms with van der Waals surface area (Å²) in [5.74, 6) is 0. The number of nitrogens with zero attached hydrogens (tertiary/aromatic N) is 1. The van der Waals surface area contributed by atoms with Gasteiger partial charge in [-0.1, -0.05) is 18.2 Å². The normalized spacial score (nSPS) is 21.1. The zero-order chi connectivity index (χ0) is 12.3. The second-order valence-electron chi connectivity index (χ2n) is 4.78. The number of rotatable bonds is 4. The van der Waals surface area contributed by atoms with Gasteiger partial charge in [-0.2, -0.15) is 0 Å². The Labute approximate surface area is 103 Å². The van der Waals surface area contributed by atoms with Gasteiger partial charge in [-0.3, -0.25) is 0 Å². The lowest BCUT2D eigenvalue weighted by Crippen LogP contribution is -2.43. The van der Waals surface area contributed by atoms with Gasteiger partial charge in [0.05, 0.1) is 12.7 Å². The van der Waals surface area contributed by atoms with Crippen molar-refractivity contribution in [2.75, 3.05) is 25.2 Å². The summed E-state index contributed by atoms with van der Waals surface area (Å²) in [6.45, 7) is 3.26. The molecule has 1 aliphatic heterocycles. The number of β-amino-alcohol motifs (C(OH)–C–C–N with tert-alkyl or cyclic N) is 1. The predicted octanol–water partition coefficient (Wildman–Crippen LogP) is 1.84. The van der Waals surface area contributed by atoms with E-state index in [1.54, 1.807) is 7.11 Å². The van der Waals surface area contributed by atoms with Gasteiger partial charge in [-0.05, 0) is 31.4 Å². The number of ether oxygens (including phenoxy) is 1. The average molecular weight is 235 g/mol. The molecule has 0 saturated carbocycles. The largest absolute Gasteiger partial charge is 0.389 e. The number of aliphatic hydroxyl groups excluding tert-OH is 1. The summed E-state index contributed by atoms with van der Waals surface area (Å²) in [6.07, 6.45) is 1.86. The zero-order valence-electron chi connectivity index (χ0n) is 10.6. The fourth-order valence-electron chi connectivity index (χ4n) is 2.51. The second kappa shape index (κ2) is 5.52. The number of fused-ring (bicyclic) bond motifs is 1. The van der Waals surface area contributed by atoms with Crippen LogP contribution in [0, 0.1) is 0 Å². The first-order chi connectivity index (χ1) is 8.22. The van der Waals surface area contributed by atoms with E-state index in [0.29, 0.717) is 19.2 Å². The number of anilines is 1. The van der Waals surface area contributed by atoms with Crippen LogP contribution in [-0.4, -0.2) is 37.5 Å². The maximum atomic E-state index is 9.88. The molecule has 0 aliphatic carbocycles. The molecule has 3 nitrogen and oxygen atoms in total. The van der Waals surface area contributed by atoms with E-state index in [4.69, 9.17) is 4.74 Å². The summed E-state index contributed by atoms with van der Waals surface area (Å²) in [5.41, 5.74) is 2.65. The van der Waals surface area contributed by atoms with Gasteiger partial charge in [0.25, 0.3) is 0 Å². The molecule has 2 rings (SSSR count). The Bertz CT molecular complexity index is 367. The Morgan fingerprint density at radius 2 is 2.24 bits per heavy atom. The summed E-state index contributed by atoms with van der Waals surface area (Å²) in [6, 6.07) is 8.95. The molecule has 17 heavy (non-hydrogen) atoms. The molecule has 1 aromatic carbocycles. The third-order valence-electron chi connectivity index (χ3n) is 3.43. The van der Waals surface area contributed by atoms with Gasteiger partial charge in [-0.25, -0.2) is 0 Å². The van der Waals surface area contributed by atoms with Crippen LogP contribution in [0.15, 0.2) is 24.3 Å². The SMILES string of the molecule is COCC(O)CN1c2ccccc2CCC1C. The van der Waals surface area contributed by atoms with E-state index in [2.05, 4.69) is 36.1 Å². The minimum absolute atomic E-state index is 0.394. The highest BCUT2D eigenvalue weighted by Crippen LogP contribution is 2.30. The van der Waals surface area contributed by atoms with E-state index >= 15 is 0 Å². The van der Waals surface area contributed by atoms with E-state index in [9.17, 15) is 5.11 Å². The van der Waals surface area contributed by atoms with Crippen molar-refractivity contribution < 1.29 is 9.84 Å². The molecule has 0 fully saturated rings. The molecule has 0 saturated heterocycles. The number of para-hydroxylation sites is 1. The second-order valence-corrected chi connectivity index (χ2v) is 4.78. The molecule has 0 aromatic heterocycles. The van der Waals surface area contributed by atoms with Crippen LogP contribution in [0.3, 0.4) is 0 Å². The Kier molecular flexibility index (Phi) is 4.02. The third-order valence-corrected chi connectivity index (χ3v) is 3.43. The fourth-order valence-corrected chi connectivity index (χ4v) is 2.51. The zero-order valence-corrected chi connectivity index (χ0v) is 10.6. The quantitative estimate of drug-likeness (QED) is 0.864. The monoisotopic (exact) mass is 235 g/mol. The van der Waals surface area contributed by atoms with Gasteiger partial charge in [0, 0.05) is 25.4 Å². The van der Waals surface area contributed by atoms with E-state index in [1.807, 2.05) is 0 Å². The number of hydrogen-bond donors (Lipinski definition) is 1. The average Bonchev–Trinajstić information content (AvgIpc) is 2.33. The molecule has 0 amide bonds. The van der Waals surface area contributed by atoms with Crippen LogP contribution in [0.1, 0.15) is 18.9 Å². The van der Waals surface area contributed by atoms with Gasteiger partial charge in [0.15, 0.2) is 0 Å². The van der Waals surface area contributed by atoms with Crippen LogP contribution < -0.4 is 4.90 Å². The lowest BCUT2D eigenvalue weighted by atomic mass is 9.96. The molecule has 0 bridgehead atoms. The summed E-state index contributed by atoms with van der Waals surface area (Å²) < 4.78 is 4.99. The van der Waals surface area contributed by atoms with Crippen LogP contribution in [-0.2, 0) is 11.2 Å². The highest BCUT2D eigenvalue weighted by Gasteiger charge is 2.24. The van der Waals surface area contributed by atoms with E-state index in [0.717, 1.165) is 12.8 Å². The van der Waals surface area contributed by atoms with E-state index < -0.39 is 6.10 Å². The highest BCUT2D eigenvalue weighted by atomic mass is 16.5. The summed E-state index contributed by atoms with van der Waals surface area (Å²) in [7, 11) is 1.62. The van der Waals surface area contributed by atoms with Crippen molar-refractivity contribution >= 4 is 5.69 Å². The van der Waals surface area contributed by atoms with Crippen LogP contribution in [0.5, 0.6) is 0 Å². The van der Waals surface area contributed by atoms with Crippen molar-refractivity contribution in [1.82, 2.24) is 0 Å². The Hall–Kier alpha value is -1.06. The lowest BCUT2D eigenvalue weighted by Gasteiger charge is -2.38. The minimum Gasteiger partial charge on any atom is -0.389 e. The molecule has 2 atom stereocenters. The number of aryl methyl sites for hydroxylation is 1. The summed E-state index contributed by atoms with van der Waals surface area (Å²) >= 11 is 0. The number of methoxy groups -OCH3 is 1. The van der Waals surface area contributed by atoms with Crippen LogP contribution in [0.4, 0.5) is 5.69 Å². The first kappa shape index (κ1) is 12.4. The topological polar surface area (TPSA) is 32.7 Å². The number of aliphatic hydroxyl groups is 1. The summed E-state index contributed by atoms with van der Waals surface area (Å²) in [4.78, 5) is 2.29. The molecule has 2 unspecified atom stereocenters. The minimum atomic E-state index is -0.423. The van der Waals surface area contributed by atoms with Gasteiger partial charge in [0.2, 0.25) is 0 Å². The Morgan fingerprint density at radius 3 is 3.00 bits per heavy atom. The lowest BCUT2D eigenvalue weighted by molar-refractivity contribution is 0.0675. The molecule has 94 valence electrons. The molecule has 1 N–H and O–H groups in total. The van der Waals surface area contributed by atoms with Gasteiger partial charge < -0.3 is 14.7 Å². The maximum absolute atomic E-state index is 9.88. The highest BCUT2D eigenvalue weighted by molar-refractivity contribution is 5.56. The van der Waals surface area contributed by atoms with E-state index in [-0.39, 0.29) is 0 Å². The predicted molar refractivity (Wildman–Crippen MR) is 69.5 cm³/mol. The first-order valence-electron chi connectivity index (χ1n) is 6.24. The smallest absolute Gasteiger partial charge is 0.0947 e. The maximum Gasteiger partial charge on any atom is 0.0947 e. The molecular weight excluding hydrogens is 214 g/mol. The van der Waals surface area contributed by atoms with Gasteiger partial charge in [0.1, 0.15) is 0 Å². The van der Waals surface area contributed by atoms with Crippen molar-refractivity contribution in [2.24, 2.45) is 0 Å². The van der Waals surface area contributed by atoms with Crippen LogP contribution in [0.25, 0.3) is 0 Å². The van der Waals surface area contributed by atoms with Crippen LogP contribution in [0.2, 0.25) is 0 Å². The molecule has 1 heterocycles. The molecule has 1 aromatic rings. The fraction of sp³-hybridized carbons (Fsp3) is 0.571. The molecular formula is C14H21NO2. The number of benzene rings is 1. The standard InChI is InChI=1S/C14H21NO2/c1-11-7-8-12-5-3-4-6-14(12)15(11)9-13(16)10-17-2/h3-6,11,13,16H,7-10H2,1-2H3. The molecule has 3 heteroatoms. The van der Waals surface area contributed by atoms with E-state index in [1.165, 1.54) is 11.3 Å². The van der Waals surface area contributed by atoms with Crippen LogP contribution >= 0.6 is 0 Å². The van der Waals surface area contributed by atoms with Crippen molar-refractivity contribution in [2.45, 2.75) is 31.9 Å². The van der Waals surface area contributed by atoms with Gasteiger partial charge in [-0.15, -0.1) is 0 Å². The molecule has 0 spiro atoms. The number of hydrogen-bond acceptors (Lipinski definition) is 3.